The molecule has 0 fully saturated rings. The minimum Gasteiger partial charge on any atom is -0.454 e. The molecule has 4 aromatic rings. The van der Waals surface area contributed by atoms with Crippen molar-refractivity contribution in [2.75, 3.05) is 6.79 Å². The van der Waals surface area contributed by atoms with Gasteiger partial charge in [-0.25, -0.2) is 0 Å². The highest BCUT2D eigenvalue weighted by Gasteiger charge is 2.32. The summed E-state index contributed by atoms with van der Waals surface area (Å²) in [5.41, 5.74) is 3.52. The number of hydrogen-bond donors (Lipinski definition) is 0. The van der Waals surface area contributed by atoms with Crippen molar-refractivity contribution in [3.05, 3.63) is 93.8 Å². The van der Waals surface area contributed by atoms with E-state index in [-0.39, 0.29) is 18.1 Å². The number of ketones is 1. The van der Waals surface area contributed by atoms with Crippen LogP contribution in [0.1, 0.15) is 21.5 Å². The Hall–Kier alpha value is -3.86. The highest BCUT2D eigenvalue weighted by atomic mass is 16.7. The number of nitrogens with zero attached hydrogens (tertiary/aromatic N) is 1. The lowest BCUT2D eigenvalue weighted by Gasteiger charge is -2.15. The Labute approximate surface area is 165 Å². The van der Waals surface area contributed by atoms with Gasteiger partial charge in [0.1, 0.15) is 0 Å². The van der Waals surface area contributed by atoms with Crippen LogP contribution in [0.5, 0.6) is 11.5 Å². The normalized spacial score (nSPS) is 13.6. The van der Waals surface area contributed by atoms with Gasteiger partial charge in [-0.1, -0.05) is 48.5 Å². The van der Waals surface area contributed by atoms with Crippen LogP contribution in [0.4, 0.5) is 0 Å². The molecule has 0 bridgehead atoms. The molecule has 0 N–H and O–H groups in total. The van der Waals surface area contributed by atoms with Crippen LogP contribution < -0.4 is 15.0 Å². The first-order chi connectivity index (χ1) is 14.2. The molecule has 2 aliphatic rings. The molecule has 1 aliphatic heterocycles. The lowest BCUT2D eigenvalue weighted by atomic mass is 10.0. The summed E-state index contributed by atoms with van der Waals surface area (Å²) in [5, 5.41) is 1.25. The number of carbonyl (C=O) groups is 1. The van der Waals surface area contributed by atoms with E-state index in [4.69, 9.17) is 9.47 Å². The number of fused-ring (bicyclic) bond motifs is 6. The van der Waals surface area contributed by atoms with E-state index in [0.29, 0.717) is 45.6 Å². The Kier molecular flexibility index (Phi) is 3.23. The van der Waals surface area contributed by atoms with Gasteiger partial charge in [0.2, 0.25) is 6.79 Å². The molecule has 0 saturated carbocycles. The third-order valence-corrected chi connectivity index (χ3v) is 5.61. The lowest BCUT2D eigenvalue weighted by Crippen LogP contribution is -2.23. The predicted molar refractivity (Wildman–Crippen MR) is 109 cm³/mol. The average Bonchev–Trinajstić information content (AvgIpc) is 3.34. The first-order valence-electron chi connectivity index (χ1n) is 9.40. The minimum absolute atomic E-state index is 0.0359. The number of carbonyl (C=O) groups excluding carboxylic acids is 1. The van der Waals surface area contributed by atoms with E-state index < -0.39 is 0 Å². The Morgan fingerprint density at radius 2 is 1.52 bits per heavy atom. The fraction of sp³-hybridized carbons (Fsp3) is 0.0833. The zero-order valence-corrected chi connectivity index (χ0v) is 15.3. The molecule has 0 spiro atoms. The third-order valence-electron chi connectivity index (χ3n) is 5.61. The molecule has 0 atom stereocenters. The summed E-state index contributed by atoms with van der Waals surface area (Å²) in [4.78, 5) is 26.7. The van der Waals surface area contributed by atoms with E-state index in [1.807, 2.05) is 60.7 Å². The second kappa shape index (κ2) is 5.82. The maximum atomic E-state index is 13.4. The summed E-state index contributed by atoms with van der Waals surface area (Å²) >= 11 is 0. The average molecular weight is 381 g/mol. The van der Waals surface area contributed by atoms with Crippen LogP contribution >= 0.6 is 0 Å². The zero-order valence-electron chi connectivity index (χ0n) is 15.3. The second-order valence-corrected chi connectivity index (χ2v) is 7.22. The number of aromatic nitrogens is 1. The van der Waals surface area contributed by atoms with Gasteiger partial charge in [0.05, 0.1) is 17.8 Å². The van der Waals surface area contributed by atoms with Gasteiger partial charge >= 0.3 is 0 Å². The Morgan fingerprint density at radius 1 is 0.793 bits per heavy atom. The Balaban J connectivity index is 1.64. The van der Waals surface area contributed by atoms with E-state index in [1.54, 1.807) is 10.6 Å². The summed E-state index contributed by atoms with van der Waals surface area (Å²) < 4.78 is 12.6. The van der Waals surface area contributed by atoms with Crippen LogP contribution in [0, 0.1) is 0 Å². The topological polar surface area (TPSA) is 57.5 Å². The third kappa shape index (κ3) is 2.21. The number of hydrogen-bond acceptors (Lipinski definition) is 4. The van der Waals surface area contributed by atoms with Crippen molar-refractivity contribution in [3.8, 4) is 22.8 Å². The molecule has 2 heterocycles. The molecular weight excluding hydrogens is 366 g/mol. The molecule has 0 unspecified atom stereocenters. The van der Waals surface area contributed by atoms with Crippen molar-refractivity contribution in [2.45, 2.75) is 6.54 Å². The van der Waals surface area contributed by atoms with Crippen LogP contribution in [0.15, 0.2) is 71.5 Å². The van der Waals surface area contributed by atoms with Crippen LogP contribution in [0.2, 0.25) is 0 Å². The van der Waals surface area contributed by atoms with Crippen molar-refractivity contribution in [3.63, 3.8) is 0 Å². The summed E-state index contributed by atoms with van der Waals surface area (Å²) in [6.07, 6.45) is 0. The molecule has 3 aromatic carbocycles. The molecule has 1 aliphatic carbocycles. The van der Waals surface area contributed by atoms with Crippen LogP contribution in [-0.2, 0) is 6.54 Å². The highest BCUT2D eigenvalue weighted by molar-refractivity contribution is 6.26. The van der Waals surface area contributed by atoms with Gasteiger partial charge in [0.15, 0.2) is 17.3 Å². The summed E-state index contributed by atoms with van der Waals surface area (Å²) in [6, 6.07) is 20.5. The minimum atomic E-state index is -0.110. The molecule has 0 saturated heterocycles. The molecule has 5 nitrogen and oxygen atoms in total. The number of rotatable bonds is 2. The zero-order chi connectivity index (χ0) is 19.5. The van der Waals surface area contributed by atoms with Gasteiger partial charge in [-0.3, -0.25) is 9.59 Å². The first kappa shape index (κ1) is 16.1. The summed E-state index contributed by atoms with van der Waals surface area (Å²) in [6.45, 7) is 0.538. The standard InChI is InChI=1S/C24H15NO4/c26-23-17-7-3-2-6-16(17)22-21(23)15-5-1-4-8-18(15)24(27)25(22)12-14-9-10-19-20(11-14)29-13-28-19/h1-11H,12-13H2. The monoisotopic (exact) mass is 381 g/mol. The fourth-order valence-corrected chi connectivity index (χ4v) is 4.30. The van der Waals surface area contributed by atoms with Crippen molar-refractivity contribution in [2.24, 2.45) is 0 Å². The summed E-state index contributed by atoms with van der Waals surface area (Å²) in [7, 11) is 0. The van der Waals surface area contributed by atoms with Gasteiger partial charge in [-0.2, -0.15) is 0 Å². The van der Waals surface area contributed by atoms with E-state index in [2.05, 4.69) is 0 Å². The maximum Gasteiger partial charge on any atom is 0.259 e. The van der Waals surface area contributed by atoms with Crippen molar-refractivity contribution in [1.82, 2.24) is 4.57 Å². The second-order valence-electron chi connectivity index (χ2n) is 7.22. The summed E-state index contributed by atoms with van der Waals surface area (Å²) in [5.74, 6) is 1.33. The highest BCUT2D eigenvalue weighted by Crippen LogP contribution is 2.40. The quantitative estimate of drug-likeness (QED) is 0.464. The van der Waals surface area contributed by atoms with E-state index in [1.165, 1.54) is 0 Å². The van der Waals surface area contributed by atoms with E-state index in [9.17, 15) is 9.59 Å². The van der Waals surface area contributed by atoms with Crippen molar-refractivity contribution >= 4 is 16.6 Å². The fourth-order valence-electron chi connectivity index (χ4n) is 4.30. The Bertz CT molecular complexity index is 1400. The van der Waals surface area contributed by atoms with Crippen LogP contribution in [0.3, 0.4) is 0 Å². The van der Waals surface area contributed by atoms with Crippen molar-refractivity contribution in [1.29, 1.82) is 0 Å². The van der Waals surface area contributed by atoms with Gasteiger partial charge in [0.25, 0.3) is 5.56 Å². The molecule has 0 amide bonds. The first-order valence-corrected chi connectivity index (χ1v) is 9.40. The lowest BCUT2D eigenvalue weighted by molar-refractivity contribution is 0.104. The predicted octanol–water partition coefficient (Wildman–Crippen LogP) is 3.99. The molecule has 5 heteroatoms. The number of ether oxygens (including phenoxy) is 2. The molecule has 29 heavy (non-hydrogen) atoms. The van der Waals surface area contributed by atoms with Gasteiger partial charge in [-0.05, 0) is 23.8 Å². The molecule has 6 rings (SSSR count). The van der Waals surface area contributed by atoms with Gasteiger partial charge in [0, 0.05) is 21.9 Å². The van der Waals surface area contributed by atoms with E-state index >= 15 is 0 Å². The number of benzene rings is 3. The van der Waals surface area contributed by atoms with Crippen molar-refractivity contribution < 1.29 is 14.3 Å². The van der Waals surface area contributed by atoms with Gasteiger partial charge < -0.3 is 14.0 Å². The van der Waals surface area contributed by atoms with Crippen LogP contribution in [-0.4, -0.2) is 17.1 Å². The maximum absolute atomic E-state index is 13.4. The number of pyridine rings is 1. The van der Waals surface area contributed by atoms with E-state index in [0.717, 1.165) is 11.1 Å². The smallest absolute Gasteiger partial charge is 0.259 e. The molecular formula is C24H15NO4. The Morgan fingerprint density at radius 3 is 2.38 bits per heavy atom. The SMILES string of the molecule is O=C1c2ccccc2-c2c1c1ccccc1c(=O)n2Cc1ccc2c(c1)OCO2. The molecule has 0 radical (unpaired) electrons. The van der Waals surface area contributed by atoms with Crippen LogP contribution in [0.25, 0.3) is 22.0 Å². The van der Waals surface area contributed by atoms with Gasteiger partial charge in [-0.15, -0.1) is 0 Å². The molecule has 1 aromatic heterocycles. The molecule has 140 valence electrons. The largest absolute Gasteiger partial charge is 0.454 e.